The lowest BCUT2D eigenvalue weighted by atomic mass is 9.99. The minimum absolute atomic E-state index is 0. The van der Waals surface area contributed by atoms with Crippen molar-refractivity contribution in [3.8, 4) is 0 Å². The third-order valence-corrected chi connectivity index (χ3v) is 6.21. The molecule has 0 saturated carbocycles. The molecule has 0 fully saturated rings. The van der Waals surface area contributed by atoms with E-state index >= 15 is 0 Å². The van der Waals surface area contributed by atoms with E-state index in [2.05, 4.69) is 58.5 Å². The number of nitrogens with one attached hydrogen (secondary N) is 3. The van der Waals surface area contributed by atoms with Crippen LogP contribution >= 0.6 is 24.0 Å². The highest BCUT2D eigenvalue weighted by atomic mass is 127. The molecule has 2 rings (SSSR count). The quantitative estimate of drug-likeness (QED) is 0.248. The summed E-state index contributed by atoms with van der Waals surface area (Å²) < 4.78 is 26.7. The van der Waals surface area contributed by atoms with Gasteiger partial charge in [0.1, 0.15) is 0 Å². The summed E-state index contributed by atoms with van der Waals surface area (Å²) in [4.78, 5) is 4.29. The summed E-state index contributed by atoms with van der Waals surface area (Å²) in [5.74, 6) is 1.09. The van der Waals surface area contributed by atoms with E-state index in [1.807, 2.05) is 38.1 Å². The van der Waals surface area contributed by atoms with E-state index in [-0.39, 0.29) is 35.8 Å². The predicted octanol–water partition coefficient (Wildman–Crippen LogP) is 3.91. The summed E-state index contributed by atoms with van der Waals surface area (Å²) >= 11 is 0. The van der Waals surface area contributed by atoms with Crippen LogP contribution in [0.5, 0.6) is 0 Å². The normalized spacial score (nSPS) is 12.9. The third kappa shape index (κ3) is 10.0. The first-order valence-corrected chi connectivity index (χ1v) is 11.9. The Morgan fingerprint density at radius 1 is 1.00 bits per heavy atom. The van der Waals surface area contributed by atoms with Gasteiger partial charge in [0.15, 0.2) is 5.96 Å². The SMILES string of the molecule is CN=C(NCc1ccc(CS(=O)(=O)NC(C)C)cc1)NCC(C)c1cccc(C)c1.I. The van der Waals surface area contributed by atoms with E-state index in [0.29, 0.717) is 12.5 Å². The molecule has 0 aromatic heterocycles. The summed E-state index contributed by atoms with van der Waals surface area (Å²) in [5, 5.41) is 6.68. The van der Waals surface area contributed by atoms with E-state index in [4.69, 9.17) is 0 Å². The van der Waals surface area contributed by atoms with Gasteiger partial charge in [0, 0.05) is 26.2 Å². The van der Waals surface area contributed by atoms with Crippen molar-refractivity contribution in [2.45, 2.75) is 52.0 Å². The maximum atomic E-state index is 12.0. The van der Waals surface area contributed by atoms with Crippen molar-refractivity contribution in [1.29, 1.82) is 0 Å². The van der Waals surface area contributed by atoms with Gasteiger partial charge < -0.3 is 10.6 Å². The number of aryl methyl sites for hydroxylation is 1. The molecule has 0 heterocycles. The fourth-order valence-electron chi connectivity index (χ4n) is 3.12. The number of guanidine groups is 1. The number of sulfonamides is 1. The molecular formula is C23H35IN4O2S. The molecule has 0 aliphatic heterocycles. The summed E-state index contributed by atoms with van der Waals surface area (Å²) in [7, 11) is -1.56. The maximum absolute atomic E-state index is 12.0. The second kappa shape index (κ2) is 13.0. The smallest absolute Gasteiger partial charge is 0.216 e. The Balaban J connectivity index is 0.00000480. The molecule has 6 nitrogen and oxygen atoms in total. The Bertz CT molecular complexity index is 944. The molecule has 172 valence electrons. The summed E-state index contributed by atoms with van der Waals surface area (Å²) in [6.45, 7) is 9.31. The van der Waals surface area contributed by atoms with E-state index in [9.17, 15) is 8.42 Å². The van der Waals surface area contributed by atoms with Crippen molar-refractivity contribution in [1.82, 2.24) is 15.4 Å². The molecule has 2 aromatic rings. The Morgan fingerprint density at radius 3 is 2.23 bits per heavy atom. The van der Waals surface area contributed by atoms with E-state index in [1.54, 1.807) is 7.05 Å². The molecular weight excluding hydrogens is 523 g/mol. The van der Waals surface area contributed by atoms with Gasteiger partial charge in [-0.2, -0.15) is 0 Å². The Hall–Kier alpha value is -1.65. The number of nitrogens with zero attached hydrogens (tertiary/aromatic N) is 1. The van der Waals surface area contributed by atoms with Gasteiger partial charge in [0.2, 0.25) is 10.0 Å². The minimum Gasteiger partial charge on any atom is -0.356 e. The Labute approximate surface area is 204 Å². The number of aliphatic imine (C=N–C) groups is 1. The lowest BCUT2D eigenvalue weighted by Crippen LogP contribution is -2.38. The van der Waals surface area contributed by atoms with Gasteiger partial charge >= 0.3 is 0 Å². The van der Waals surface area contributed by atoms with Gasteiger partial charge in [-0.3, -0.25) is 4.99 Å². The molecule has 0 spiro atoms. The van der Waals surface area contributed by atoms with E-state index in [0.717, 1.165) is 23.6 Å². The fraction of sp³-hybridized carbons (Fsp3) is 0.435. The lowest BCUT2D eigenvalue weighted by Gasteiger charge is -2.17. The van der Waals surface area contributed by atoms with Gasteiger partial charge in [0.05, 0.1) is 5.75 Å². The number of hydrogen-bond acceptors (Lipinski definition) is 3. The molecule has 8 heteroatoms. The van der Waals surface area contributed by atoms with Crippen LogP contribution in [0.15, 0.2) is 53.5 Å². The van der Waals surface area contributed by atoms with Crippen LogP contribution < -0.4 is 15.4 Å². The zero-order valence-corrected chi connectivity index (χ0v) is 22.1. The summed E-state index contributed by atoms with van der Waals surface area (Å²) in [5.41, 5.74) is 4.39. The molecule has 0 bridgehead atoms. The Kier molecular flexibility index (Phi) is 11.5. The molecule has 0 radical (unpaired) electrons. The highest BCUT2D eigenvalue weighted by Gasteiger charge is 2.13. The van der Waals surface area contributed by atoms with Crippen molar-refractivity contribution in [3.05, 3.63) is 70.8 Å². The van der Waals surface area contributed by atoms with Gasteiger partial charge in [-0.15, -0.1) is 24.0 Å². The molecule has 0 aliphatic carbocycles. The third-order valence-electron chi connectivity index (χ3n) is 4.67. The number of benzene rings is 2. The van der Waals surface area contributed by atoms with E-state index in [1.165, 1.54) is 11.1 Å². The first-order valence-electron chi connectivity index (χ1n) is 10.3. The lowest BCUT2D eigenvalue weighted by molar-refractivity contribution is 0.569. The van der Waals surface area contributed by atoms with Crippen LogP contribution in [0, 0.1) is 6.92 Å². The summed E-state index contributed by atoms with van der Waals surface area (Å²) in [6, 6.07) is 16.0. The minimum atomic E-state index is -3.31. The molecule has 0 amide bonds. The van der Waals surface area contributed by atoms with Crippen LogP contribution in [0.3, 0.4) is 0 Å². The monoisotopic (exact) mass is 558 g/mol. The van der Waals surface area contributed by atoms with Crippen LogP contribution in [0.1, 0.15) is 48.9 Å². The topological polar surface area (TPSA) is 82.6 Å². The van der Waals surface area contributed by atoms with Crippen molar-refractivity contribution >= 4 is 40.0 Å². The van der Waals surface area contributed by atoms with Crippen molar-refractivity contribution in [2.24, 2.45) is 4.99 Å². The second-order valence-corrected chi connectivity index (χ2v) is 9.72. The first-order chi connectivity index (χ1) is 14.2. The van der Waals surface area contributed by atoms with Crippen LogP contribution in [0.2, 0.25) is 0 Å². The highest BCUT2D eigenvalue weighted by Crippen LogP contribution is 2.15. The number of hydrogen-bond donors (Lipinski definition) is 3. The van der Waals surface area contributed by atoms with Crippen LogP contribution in [0.25, 0.3) is 0 Å². The van der Waals surface area contributed by atoms with Gasteiger partial charge in [-0.05, 0) is 43.4 Å². The van der Waals surface area contributed by atoms with Gasteiger partial charge in [0.25, 0.3) is 0 Å². The predicted molar refractivity (Wildman–Crippen MR) is 141 cm³/mol. The number of rotatable bonds is 9. The van der Waals surface area contributed by atoms with Gasteiger partial charge in [-0.1, -0.05) is 61.0 Å². The van der Waals surface area contributed by atoms with Crippen molar-refractivity contribution < 1.29 is 8.42 Å². The Morgan fingerprint density at radius 2 is 1.65 bits per heavy atom. The highest BCUT2D eigenvalue weighted by molar-refractivity contribution is 14.0. The van der Waals surface area contributed by atoms with Gasteiger partial charge in [-0.25, -0.2) is 13.1 Å². The van der Waals surface area contributed by atoms with Crippen LogP contribution in [-0.2, 0) is 22.3 Å². The average Bonchev–Trinajstić information content (AvgIpc) is 2.67. The average molecular weight is 559 g/mol. The van der Waals surface area contributed by atoms with Crippen molar-refractivity contribution in [3.63, 3.8) is 0 Å². The summed E-state index contributed by atoms with van der Waals surface area (Å²) in [6.07, 6.45) is 0. The molecule has 0 saturated heterocycles. The van der Waals surface area contributed by atoms with Crippen molar-refractivity contribution in [2.75, 3.05) is 13.6 Å². The van der Waals surface area contributed by atoms with E-state index < -0.39 is 10.0 Å². The van der Waals surface area contributed by atoms with Crippen LogP contribution in [-0.4, -0.2) is 34.0 Å². The molecule has 3 N–H and O–H groups in total. The van der Waals surface area contributed by atoms with Crippen LogP contribution in [0.4, 0.5) is 0 Å². The maximum Gasteiger partial charge on any atom is 0.216 e. The first kappa shape index (κ1) is 27.4. The molecule has 0 aliphatic rings. The zero-order chi connectivity index (χ0) is 22.1. The molecule has 31 heavy (non-hydrogen) atoms. The zero-order valence-electron chi connectivity index (χ0n) is 19.0. The fourth-order valence-corrected chi connectivity index (χ4v) is 4.56. The molecule has 2 aromatic carbocycles. The molecule has 1 unspecified atom stereocenters. The molecule has 1 atom stereocenters. The largest absolute Gasteiger partial charge is 0.356 e. The number of halogens is 1. The second-order valence-electron chi connectivity index (χ2n) is 7.97. The standard InChI is InChI=1S/C23H34N4O2S.HI/c1-17(2)27-30(28,29)16-21-11-9-20(10-12-21)15-26-23(24-5)25-14-19(4)22-8-6-7-18(3)13-22;/h6-13,17,19,27H,14-16H2,1-5H3,(H2,24,25,26);1H.